The summed E-state index contributed by atoms with van der Waals surface area (Å²) >= 11 is 0. The van der Waals surface area contributed by atoms with E-state index in [1.165, 1.54) is 29.2 Å². The van der Waals surface area contributed by atoms with Crippen LogP contribution in [0.4, 0.5) is 28.0 Å². The minimum absolute atomic E-state index is 0.0217. The molecule has 46 heavy (non-hydrogen) atoms. The summed E-state index contributed by atoms with van der Waals surface area (Å²) in [6.45, 7) is -0.142. The van der Waals surface area contributed by atoms with Gasteiger partial charge in [-0.25, -0.2) is 30.8 Å². The highest BCUT2D eigenvalue weighted by Crippen LogP contribution is 2.38. The van der Waals surface area contributed by atoms with Gasteiger partial charge in [-0.15, -0.1) is 0 Å². The Balaban J connectivity index is 1.28. The number of amides is 3. The number of aliphatic hydroxyl groups is 1. The van der Waals surface area contributed by atoms with E-state index in [1.54, 1.807) is 0 Å². The minimum atomic E-state index is -4.40. The van der Waals surface area contributed by atoms with Crippen molar-refractivity contribution in [1.29, 1.82) is 0 Å². The number of carbonyl (C=O) groups excluding carboxylic acids is 2. The first-order valence-corrected chi connectivity index (χ1v) is 16.0. The molecule has 2 saturated heterocycles. The Morgan fingerprint density at radius 1 is 0.957 bits per heavy atom. The molecule has 3 amide bonds. The van der Waals surface area contributed by atoms with Crippen LogP contribution in [-0.4, -0.2) is 78.6 Å². The summed E-state index contributed by atoms with van der Waals surface area (Å²) in [6, 6.07) is 7.87. The van der Waals surface area contributed by atoms with Gasteiger partial charge in [-0.1, -0.05) is 6.07 Å². The predicted octanol–water partition coefficient (Wildman–Crippen LogP) is 4.00. The summed E-state index contributed by atoms with van der Waals surface area (Å²) in [4.78, 5) is 27.7. The van der Waals surface area contributed by atoms with E-state index in [0.29, 0.717) is 12.1 Å². The second kappa shape index (κ2) is 12.2. The fourth-order valence-electron chi connectivity index (χ4n) is 6.20. The van der Waals surface area contributed by atoms with Crippen molar-refractivity contribution in [3.63, 3.8) is 0 Å². The number of carbonyl (C=O) groups is 2. The van der Waals surface area contributed by atoms with Crippen LogP contribution in [0.15, 0.2) is 59.5 Å². The zero-order valence-electron chi connectivity index (χ0n) is 24.3. The third-order valence-electron chi connectivity index (χ3n) is 8.72. The quantitative estimate of drug-likeness (QED) is 0.356. The molecule has 0 aliphatic carbocycles. The monoisotopic (exact) mass is 662 g/mol. The number of nitrogens with zero attached hydrogens (tertiary/aromatic N) is 2. The molecule has 0 bridgehead atoms. The van der Waals surface area contributed by atoms with Crippen LogP contribution in [0.5, 0.6) is 5.75 Å². The molecule has 3 N–H and O–H groups in total. The summed E-state index contributed by atoms with van der Waals surface area (Å²) in [6.07, 6.45) is -0.591. The van der Waals surface area contributed by atoms with Crippen molar-refractivity contribution in [2.24, 2.45) is 0 Å². The molecule has 244 valence electrons. The van der Waals surface area contributed by atoms with Gasteiger partial charge in [0.05, 0.1) is 18.4 Å². The fraction of sp³-hybridized carbons (Fsp3) is 0.355. The van der Waals surface area contributed by atoms with Gasteiger partial charge >= 0.3 is 6.03 Å². The van der Waals surface area contributed by atoms with Crippen LogP contribution in [0, 0.1) is 23.3 Å². The standard InChI is InChI=1S/C31H30F4N4O6S/c32-19-2-4-22(23(34)14-19)18-1-6-28-27(13-18)45-12-9-31(37-29(41)26-16-21(40)17-39(26)46(28,43)44)7-10-38(11-8-31)30(42)36-25-5-3-20(33)15-24(25)35/h1-6,13-15,21,26,40H,7-12,16-17H2,(H,36,42)(H,37,41)/t21-,26+/m1/s1. The molecular formula is C31H30F4N4O6S. The molecule has 2 atom stereocenters. The first kappa shape index (κ1) is 31.8. The number of anilines is 1. The Kier molecular flexibility index (Phi) is 8.42. The van der Waals surface area contributed by atoms with E-state index in [1.807, 2.05) is 0 Å². The van der Waals surface area contributed by atoms with E-state index in [-0.39, 0.29) is 79.4 Å². The lowest BCUT2D eigenvalue weighted by Gasteiger charge is -2.43. The van der Waals surface area contributed by atoms with Gasteiger partial charge < -0.3 is 25.4 Å². The zero-order chi connectivity index (χ0) is 32.8. The lowest BCUT2D eigenvalue weighted by molar-refractivity contribution is -0.127. The van der Waals surface area contributed by atoms with Gasteiger partial charge in [0, 0.05) is 55.7 Å². The molecule has 3 aromatic carbocycles. The molecule has 10 nitrogen and oxygen atoms in total. The fourth-order valence-corrected chi connectivity index (χ4v) is 7.95. The summed E-state index contributed by atoms with van der Waals surface area (Å²) < 4.78 is 90.3. The second-order valence-corrected chi connectivity index (χ2v) is 13.5. The number of halogens is 4. The van der Waals surface area contributed by atoms with Crippen LogP contribution < -0.4 is 15.4 Å². The largest absolute Gasteiger partial charge is 0.492 e. The van der Waals surface area contributed by atoms with Gasteiger partial charge in [0.2, 0.25) is 15.9 Å². The predicted molar refractivity (Wildman–Crippen MR) is 157 cm³/mol. The zero-order valence-corrected chi connectivity index (χ0v) is 25.1. The highest BCUT2D eigenvalue weighted by molar-refractivity contribution is 7.89. The Morgan fingerprint density at radius 2 is 1.65 bits per heavy atom. The lowest BCUT2D eigenvalue weighted by atomic mass is 9.84. The topological polar surface area (TPSA) is 128 Å². The summed E-state index contributed by atoms with van der Waals surface area (Å²) in [5.74, 6) is -4.07. The number of fused-ring (bicyclic) bond motifs is 2. The number of sulfonamides is 1. The number of benzene rings is 3. The first-order valence-electron chi connectivity index (χ1n) is 14.6. The molecule has 3 aromatic rings. The van der Waals surface area contributed by atoms with Gasteiger partial charge in [0.1, 0.15) is 40.0 Å². The van der Waals surface area contributed by atoms with Crippen LogP contribution in [0.2, 0.25) is 0 Å². The lowest BCUT2D eigenvalue weighted by Crippen LogP contribution is -2.60. The van der Waals surface area contributed by atoms with Crippen LogP contribution >= 0.6 is 0 Å². The Labute approximate surface area is 262 Å². The van der Waals surface area contributed by atoms with Crippen LogP contribution in [-0.2, 0) is 14.8 Å². The number of ether oxygens (including phenoxy) is 1. The molecular weight excluding hydrogens is 632 g/mol. The van der Waals surface area contributed by atoms with Crippen molar-refractivity contribution in [2.45, 2.75) is 48.3 Å². The number of nitrogens with one attached hydrogen (secondary N) is 2. The number of rotatable bonds is 2. The van der Waals surface area contributed by atoms with Gasteiger partial charge in [-0.2, -0.15) is 4.31 Å². The van der Waals surface area contributed by atoms with Crippen LogP contribution in [0.1, 0.15) is 25.7 Å². The number of urea groups is 1. The van der Waals surface area contributed by atoms with Crippen molar-refractivity contribution in [2.75, 3.05) is 31.6 Å². The number of hydrogen-bond donors (Lipinski definition) is 3. The van der Waals surface area contributed by atoms with Crippen molar-refractivity contribution >= 4 is 27.6 Å². The Hall–Kier alpha value is -4.21. The third kappa shape index (κ3) is 6.13. The van der Waals surface area contributed by atoms with Crippen molar-refractivity contribution in [1.82, 2.24) is 14.5 Å². The summed E-state index contributed by atoms with van der Waals surface area (Å²) in [5.41, 5.74) is -0.875. The number of aliphatic hydroxyl groups excluding tert-OH is 1. The number of likely N-dealkylation sites (tertiary alicyclic amines) is 1. The molecule has 1 spiro atoms. The average molecular weight is 663 g/mol. The smallest absolute Gasteiger partial charge is 0.321 e. The summed E-state index contributed by atoms with van der Waals surface area (Å²) in [7, 11) is -4.40. The van der Waals surface area contributed by atoms with Gasteiger partial charge in [-0.3, -0.25) is 4.79 Å². The van der Waals surface area contributed by atoms with E-state index in [9.17, 15) is 40.7 Å². The average Bonchev–Trinajstić information content (AvgIpc) is 3.41. The normalized spacial score (nSPS) is 22.6. The molecule has 15 heteroatoms. The third-order valence-corrected chi connectivity index (χ3v) is 10.6. The highest BCUT2D eigenvalue weighted by Gasteiger charge is 2.47. The maximum absolute atomic E-state index is 14.6. The maximum atomic E-state index is 14.6. The molecule has 2 fully saturated rings. The Morgan fingerprint density at radius 3 is 2.35 bits per heavy atom. The van der Waals surface area contributed by atoms with E-state index < -0.39 is 62.9 Å². The van der Waals surface area contributed by atoms with Crippen molar-refractivity contribution < 1.29 is 45.4 Å². The molecule has 3 aliphatic heterocycles. The molecule has 3 aliphatic rings. The number of piperidine rings is 1. The first-order chi connectivity index (χ1) is 21.8. The van der Waals surface area contributed by atoms with E-state index in [4.69, 9.17) is 4.74 Å². The van der Waals surface area contributed by atoms with Crippen molar-refractivity contribution in [3.8, 4) is 16.9 Å². The Bertz CT molecular complexity index is 1800. The second-order valence-electron chi connectivity index (χ2n) is 11.7. The minimum Gasteiger partial charge on any atom is -0.492 e. The SMILES string of the molecule is O=C1NC2(CCOc3cc(-c4ccc(F)cc4F)ccc3S(=O)(=O)N3C[C@H](O)C[C@@H]13)CCN(C(=O)Nc1ccc(F)cc1F)CC2. The van der Waals surface area contributed by atoms with Crippen molar-refractivity contribution in [3.05, 3.63) is 77.9 Å². The molecule has 3 heterocycles. The molecule has 0 unspecified atom stereocenters. The van der Waals surface area contributed by atoms with Gasteiger partial charge in [-0.05, 0) is 54.8 Å². The van der Waals surface area contributed by atoms with Crippen LogP contribution in [0.25, 0.3) is 11.1 Å². The molecule has 0 saturated carbocycles. The molecule has 6 rings (SSSR count). The maximum Gasteiger partial charge on any atom is 0.321 e. The van der Waals surface area contributed by atoms with E-state index in [2.05, 4.69) is 10.6 Å². The molecule has 0 aromatic heterocycles. The highest BCUT2D eigenvalue weighted by atomic mass is 32.2. The van der Waals surface area contributed by atoms with Crippen LogP contribution in [0.3, 0.4) is 0 Å². The van der Waals surface area contributed by atoms with Gasteiger partial charge in [0.15, 0.2) is 0 Å². The number of hydrogen-bond acceptors (Lipinski definition) is 6. The molecule has 0 radical (unpaired) electrons. The van der Waals surface area contributed by atoms with Gasteiger partial charge in [0.25, 0.3) is 0 Å². The summed E-state index contributed by atoms with van der Waals surface area (Å²) in [5, 5.41) is 15.8. The van der Waals surface area contributed by atoms with E-state index >= 15 is 0 Å². The van der Waals surface area contributed by atoms with E-state index in [0.717, 1.165) is 22.5 Å².